The quantitative estimate of drug-likeness (QED) is 0.227. The average molecular weight is 527 g/mol. The van der Waals surface area contributed by atoms with Crippen LogP contribution in [0.1, 0.15) is 22.4 Å². The van der Waals surface area contributed by atoms with E-state index < -0.39 is 0 Å². The van der Waals surface area contributed by atoms with Crippen LogP contribution in [0.5, 0.6) is 0 Å². The van der Waals surface area contributed by atoms with Crippen molar-refractivity contribution in [1.29, 1.82) is 5.41 Å². The fourth-order valence-corrected chi connectivity index (χ4v) is 6.80. The third-order valence-corrected chi connectivity index (χ3v) is 8.73. The Morgan fingerprint density at radius 1 is 1.08 bits per heavy atom. The molecule has 1 aliphatic heterocycles. The van der Waals surface area contributed by atoms with Gasteiger partial charge in [-0.3, -0.25) is 4.79 Å². The summed E-state index contributed by atoms with van der Waals surface area (Å²) in [6.07, 6.45) is 5.19. The Balaban J connectivity index is 1.17. The number of aromatic nitrogens is 2. The lowest BCUT2D eigenvalue weighted by Crippen LogP contribution is -2.51. The van der Waals surface area contributed by atoms with Crippen LogP contribution in [0.2, 0.25) is 0 Å². The van der Waals surface area contributed by atoms with Crippen LogP contribution >= 0.6 is 11.3 Å². The van der Waals surface area contributed by atoms with Gasteiger partial charge in [0.25, 0.3) is 0 Å². The maximum absolute atomic E-state index is 13.5. The molecular weight excluding hydrogens is 496 g/mol. The van der Waals surface area contributed by atoms with Gasteiger partial charge < -0.3 is 32.0 Å². The van der Waals surface area contributed by atoms with Crippen LogP contribution in [0.4, 0.5) is 28.6 Å². The van der Waals surface area contributed by atoms with Crippen LogP contribution in [-0.4, -0.2) is 53.2 Å². The molecule has 1 unspecified atom stereocenters. The summed E-state index contributed by atoms with van der Waals surface area (Å²) in [6.45, 7) is 3.00. The molecule has 1 amide bonds. The monoisotopic (exact) mass is 526 g/mol. The number of benzene rings is 2. The summed E-state index contributed by atoms with van der Waals surface area (Å²) in [6, 6.07) is 13.4. The van der Waals surface area contributed by atoms with Crippen LogP contribution in [0, 0.1) is 11.3 Å². The molecule has 6 N–H and O–H groups in total. The molecule has 0 radical (unpaired) electrons. The van der Waals surface area contributed by atoms with Crippen molar-refractivity contribution in [3.8, 4) is 0 Å². The van der Waals surface area contributed by atoms with Crippen LogP contribution in [0.3, 0.4) is 0 Å². The van der Waals surface area contributed by atoms with E-state index in [9.17, 15) is 4.79 Å². The van der Waals surface area contributed by atoms with Crippen molar-refractivity contribution >= 4 is 62.2 Å². The average Bonchev–Trinajstić information content (AvgIpc) is 3.33. The van der Waals surface area contributed by atoms with Crippen molar-refractivity contribution < 1.29 is 4.79 Å². The highest BCUT2D eigenvalue weighted by Crippen LogP contribution is 2.41. The topological polar surface area (TPSA) is 137 Å². The second kappa shape index (κ2) is 9.94. The number of aryl methyl sites for hydroxylation is 1. The minimum atomic E-state index is -0.0134. The Hall–Kier alpha value is -4.18. The number of nitrogen functional groups attached to an aromatic ring is 2. The fraction of sp³-hybridized carbons (Fsp3) is 0.286. The van der Waals surface area contributed by atoms with Crippen LogP contribution in [0.15, 0.2) is 48.8 Å². The van der Waals surface area contributed by atoms with E-state index in [4.69, 9.17) is 16.9 Å². The summed E-state index contributed by atoms with van der Waals surface area (Å²) in [5.74, 6) is 0.981. The number of carbonyl (C=O) groups excluding carboxylic acids is 1. The zero-order chi connectivity index (χ0) is 26.2. The van der Waals surface area contributed by atoms with Crippen molar-refractivity contribution in [1.82, 2.24) is 14.9 Å². The highest BCUT2D eigenvalue weighted by Gasteiger charge is 2.33. The van der Waals surface area contributed by atoms with Gasteiger partial charge in [0, 0.05) is 60.1 Å². The summed E-state index contributed by atoms with van der Waals surface area (Å²) in [5.41, 5.74) is 17.2. The Labute approximate surface area is 225 Å². The van der Waals surface area contributed by atoms with Crippen LogP contribution in [-0.2, 0) is 17.6 Å². The molecule has 38 heavy (non-hydrogen) atoms. The van der Waals surface area contributed by atoms with E-state index in [1.807, 2.05) is 41.3 Å². The van der Waals surface area contributed by atoms with Gasteiger partial charge in [-0.2, -0.15) is 0 Å². The Morgan fingerprint density at radius 2 is 1.89 bits per heavy atom. The maximum atomic E-state index is 13.5. The number of hydrogen-bond donors (Lipinski definition) is 4. The molecule has 0 spiro atoms. The van der Waals surface area contributed by atoms with Gasteiger partial charge >= 0.3 is 0 Å². The van der Waals surface area contributed by atoms with Gasteiger partial charge in [-0.15, -0.1) is 11.3 Å². The summed E-state index contributed by atoms with van der Waals surface area (Å²) < 4.78 is 0. The number of nitrogens with one attached hydrogen (secondary N) is 2. The molecule has 2 aliphatic rings. The minimum absolute atomic E-state index is 0.0134. The van der Waals surface area contributed by atoms with E-state index in [-0.39, 0.29) is 11.8 Å². The first-order valence-corrected chi connectivity index (χ1v) is 13.6. The zero-order valence-electron chi connectivity index (χ0n) is 21.0. The molecule has 194 valence electrons. The van der Waals surface area contributed by atoms with Gasteiger partial charge in [0.05, 0.1) is 16.8 Å². The van der Waals surface area contributed by atoms with E-state index in [0.717, 1.165) is 65.4 Å². The van der Waals surface area contributed by atoms with Gasteiger partial charge in [0.15, 0.2) is 0 Å². The Morgan fingerprint density at radius 3 is 2.68 bits per heavy atom. The standard InChI is InChI=1S/C28H30N8OS/c29-15-18-13-19(6-8-21(18)30)34-26-25-20-7-5-17(14-24(20)38-27(25)33-16-32-26)28(37)36-11-9-35(10-12-36)23-4-2-1-3-22(23)31/h1-4,6,8,13,15-17,29H,5,7,9-12,14,30-31H2,(H,32,33,34). The lowest BCUT2D eigenvalue weighted by Gasteiger charge is -2.38. The number of nitrogens with zero attached hydrogens (tertiary/aromatic N) is 4. The number of amides is 1. The molecule has 2 aromatic carbocycles. The Kier molecular flexibility index (Phi) is 6.32. The van der Waals surface area contributed by atoms with Crippen molar-refractivity contribution in [2.45, 2.75) is 19.3 Å². The zero-order valence-corrected chi connectivity index (χ0v) is 21.8. The summed E-state index contributed by atoms with van der Waals surface area (Å²) in [5, 5.41) is 12.0. The molecule has 1 saturated heterocycles. The number of para-hydroxylation sites is 2. The first-order chi connectivity index (χ1) is 18.5. The minimum Gasteiger partial charge on any atom is -0.398 e. The molecule has 1 atom stereocenters. The lowest BCUT2D eigenvalue weighted by atomic mass is 9.86. The maximum Gasteiger partial charge on any atom is 0.226 e. The highest BCUT2D eigenvalue weighted by molar-refractivity contribution is 7.19. The number of piperazine rings is 1. The normalized spacial score (nSPS) is 17.3. The molecule has 6 rings (SSSR count). The SMILES string of the molecule is N=Cc1cc(Nc2ncnc3sc4c(c23)CCC(C(=O)N2CCN(c3ccccc3N)CC2)C4)ccc1N. The van der Waals surface area contributed by atoms with E-state index in [0.29, 0.717) is 24.3 Å². The van der Waals surface area contributed by atoms with E-state index in [2.05, 4.69) is 20.2 Å². The third-order valence-electron chi connectivity index (χ3n) is 7.57. The molecule has 0 saturated carbocycles. The first kappa shape index (κ1) is 24.2. The van der Waals surface area contributed by atoms with Gasteiger partial charge in [0.1, 0.15) is 17.0 Å². The van der Waals surface area contributed by atoms with E-state index in [1.54, 1.807) is 23.7 Å². The number of thiophene rings is 1. The number of carbonyl (C=O) groups is 1. The number of rotatable bonds is 5. The second-order valence-electron chi connectivity index (χ2n) is 9.83. The number of nitrogens with two attached hydrogens (primary N) is 2. The van der Waals surface area contributed by atoms with Gasteiger partial charge in [0.2, 0.25) is 5.91 Å². The predicted molar refractivity (Wildman–Crippen MR) is 155 cm³/mol. The number of fused-ring (bicyclic) bond motifs is 3. The molecule has 1 aliphatic carbocycles. The Bertz CT molecular complexity index is 1520. The fourth-order valence-electron chi connectivity index (χ4n) is 5.53. The summed E-state index contributed by atoms with van der Waals surface area (Å²) >= 11 is 1.66. The predicted octanol–water partition coefficient (Wildman–Crippen LogP) is 4.05. The van der Waals surface area contributed by atoms with Gasteiger partial charge in [-0.05, 0) is 55.2 Å². The molecule has 3 heterocycles. The molecule has 4 aromatic rings. The molecule has 9 nitrogen and oxygen atoms in total. The van der Waals surface area contributed by atoms with Gasteiger partial charge in [-0.1, -0.05) is 12.1 Å². The smallest absolute Gasteiger partial charge is 0.226 e. The van der Waals surface area contributed by atoms with E-state index in [1.165, 1.54) is 16.7 Å². The van der Waals surface area contributed by atoms with Crippen LogP contribution in [0.25, 0.3) is 10.2 Å². The third kappa shape index (κ3) is 4.41. The van der Waals surface area contributed by atoms with Crippen LogP contribution < -0.4 is 21.7 Å². The summed E-state index contributed by atoms with van der Waals surface area (Å²) in [7, 11) is 0. The highest BCUT2D eigenvalue weighted by atomic mass is 32.1. The second-order valence-corrected chi connectivity index (χ2v) is 10.9. The van der Waals surface area contributed by atoms with Crippen molar-refractivity contribution in [3.63, 3.8) is 0 Å². The van der Waals surface area contributed by atoms with Crippen molar-refractivity contribution in [2.24, 2.45) is 5.92 Å². The molecule has 10 heteroatoms. The molecule has 0 bridgehead atoms. The van der Waals surface area contributed by atoms with Crippen molar-refractivity contribution in [3.05, 3.63) is 64.8 Å². The number of hydrogen-bond acceptors (Lipinski definition) is 9. The molecule has 2 aromatic heterocycles. The molecule has 1 fully saturated rings. The summed E-state index contributed by atoms with van der Waals surface area (Å²) in [4.78, 5) is 29.0. The first-order valence-electron chi connectivity index (χ1n) is 12.8. The number of anilines is 5. The van der Waals surface area contributed by atoms with Gasteiger partial charge in [-0.25, -0.2) is 9.97 Å². The molecular formula is C28H30N8OS. The van der Waals surface area contributed by atoms with Crippen molar-refractivity contribution in [2.75, 3.05) is 47.9 Å². The largest absolute Gasteiger partial charge is 0.398 e. The van der Waals surface area contributed by atoms with E-state index >= 15 is 0 Å². The lowest BCUT2D eigenvalue weighted by molar-refractivity contribution is -0.136.